The molecule has 0 aromatic heterocycles. The van der Waals surface area contributed by atoms with Crippen LogP contribution in [0.5, 0.6) is 0 Å². The Morgan fingerprint density at radius 2 is 1.73 bits per heavy atom. The maximum atomic E-state index is 2.40. The molecule has 0 aliphatic heterocycles. The molecule has 1 rings (SSSR count). The molecule has 1 aromatic carbocycles. The average Bonchev–Trinajstić information content (AvgIpc) is 1.99. The molecular weight excluding hydrogens is 246 g/mol. The van der Waals surface area contributed by atoms with E-state index in [1.54, 1.807) is 0 Å². The van der Waals surface area contributed by atoms with Crippen molar-refractivity contribution < 1.29 is 0 Å². The van der Waals surface area contributed by atoms with Crippen LogP contribution in [0, 0.1) is 13.8 Å². The van der Waals surface area contributed by atoms with E-state index in [4.69, 9.17) is 0 Å². The summed E-state index contributed by atoms with van der Waals surface area (Å²) in [5.41, 5.74) is 5.69. The van der Waals surface area contributed by atoms with Gasteiger partial charge >= 0.3 is 0 Å². The summed E-state index contributed by atoms with van der Waals surface area (Å²) in [6.45, 7) is 4.36. The van der Waals surface area contributed by atoms with Crippen LogP contribution in [0.3, 0.4) is 0 Å². The summed E-state index contributed by atoms with van der Waals surface area (Å²) in [5, 5.41) is 0. The third-order valence-electron chi connectivity index (χ3n) is 2.14. The molecule has 11 heavy (non-hydrogen) atoms. The summed E-state index contributed by atoms with van der Waals surface area (Å²) >= 11 is 2.40. The number of benzene rings is 1. The van der Waals surface area contributed by atoms with Crippen LogP contribution in [0.1, 0.15) is 16.7 Å². The fourth-order valence-electron chi connectivity index (χ4n) is 1.20. The van der Waals surface area contributed by atoms with Gasteiger partial charge in [0.2, 0.25) is 0 Å². The maximum Gasteiger partial charge on any atom is 0.139 e. The van der Waals surface area contributed by atoms with Crippen LogP contribution in [0.15, 0.2) is 12.1 Å². The number of rotatable bonds is 1. The molecule has 0 fully saturated rings. The lowest BCUT2D eigenvalue weighted by molar-refractivity contribution is 1.35. The second kappa shape index (κ2) is 3.61. The van der Waals surface area contributed by atoms with E-state index in [1.165, 1.54) is 22.2 Å². The lowest BCUT2D eigenvalue weighted by Gasteiger charge is -2.06. The van der Waals surface area contributed by atoms with Gasteiger partial charge in [-0.3, -0.25) is 0 Å². The van der Waals surface area contributed by atoms with Crippen molar-refractivity contribution in [3.63, 3.8) is 0 Å². The standard InChI is InChI=1S/C9H12BI/c1-6-3-8(5-11)4-7(2)9(6)10/h3-4H,5,10H2,1-2H3. The van der Waals surface area contributed by atoms with E-state index in [1.807, 2.05) is 0 Å². The molecular formula is C9H12BI. The maximum absolute atomic E-state index is 2.40. The van der Waals surface area contributed by atoms with Gasteiger partial charge in [0.25, 0.3) is 0 Å². The predicted octanol–water partition coefficient (Wildman–Crippen LogP) is 1.50. The topological polar surface area (TPSA) is 0 Å². The molecule has 0 unspecified atom stereocenters. The molecule has 2 heteroatoms. The molecule has 0 heterocycles. The Balaban J connectivity index is 3.21. The normalized spacial score (nSPS) is 10.1. The summed E-state index contributed by atoms with van der Waals surface area (Å²) in [6, 6.07) is 4.55. The highest BCUT2D eigenvalue weighted by Crippen LogP contribution is 2.09. The highest BCUT2D eigenvalue weighted by Gasteiger charge is 1.98. The highest BCUT2D eigenvalue weighted by molar-refractivity contribution is 14.1. The molecule has 0 N–H and O–H groups in total. The van der Waals surface area contributed by atoms with E-state index in [2.05, 4.69) is 56.4 Å². The zero-order valence-electron chi connectivity index (χ0n) is 7.24. The summed E-state index contributed by atoms with van der Waals surface area (Å²) < 4.78 is 1.11. The minimum atomic E-state index is 1.11. The number of hydrogen-bond acceptors (Lipinski definition) is 0. The lowest BCUT2D eigenvalue weighted by Crippen LogP contribution is -2.11. The Labute approximate surface area is 82.9 Å². The molecule has 58 valence electrons. The van der Waals surface area contributed by atoms with Gasteiger partial charge in [0.05, 0.1) is 0 Å². The minimum absolute atomic E-state index is 1.11. The fourth-order valence-corrected chi connectivity index (χ4v) is 1.64. The number of alkyl halides is 1. The molecule has 0 atom stereocenters. The van der Waals surface area contributed by atoms with Crippen LogP contribution in [0.25, 0.3) is 0 Å². The van der Waals surface area contributed by atoms with Crippen LogP contribution in [-0.4, -0.2) is 7.85 Å². The molecule has 0 saturated carbocycles. The van der Waals surface area contributed by atoms with E-state index in [0.717, 1.165) is 4.43 Å². The van der Waals surface area contributed by atoms with Crippen molar-refractivity contribution in [2.24, 2.45) is 0 Å². The first kappa shape index (κ1) is 9.11. The quantitative estimate of drug-likeness (QED) is 0.406. The van der Waals surface area contributed by atoms with Crippen LogP contribution < -0.4 is 5.46 Å². The van der Waals surface area contributed by atoms with Gasteiger partial charge in [-0.15, -0.1) is 0 Å². The van der Waals surface area contributed by atoms with E-state index in [9.17, 15) is 0 Å². The van der Waals surface area contributed by atoms with Crippen molar-refractivity contribution in [2.45, 2.75) is 18.3 Å². The molecule has 0 aliphatic rings. The van der Waals surface area contributed by atoms with Crippen LogP contribution in [-0.2, 0) is 4.43 Å². The number of aryl methyl sites for hydroxylation is 2. The van der Waals surface area contributed by atoms with Gasteiger partial charge in [-0.25, -0.2) is 0 Å². The van der Waals surface area contributed by atoms with Crippen molar-refractivity contribution in [3.8, 4) is 0 Å². The Morgan fingerprint density at radius 1 is 1.27 bits per heavy atom. The molecule has 0 bridgehead atoms. The third kappa shape index (κ3) is 1.98. The Kier molecular flexibility index (Phi) is 2.99. The first-order valence-electron chi connectivity index (χ1n) is 3.78. The van der Waals surface area contributed by atoms with Crippen LogP contribution in [0.2, 0.25) is 0 Å². The molecule has 0 nitrogen and oxygen atoms in total. The number of hydrogen-bond donors (Lipinski definition) is 0. The van der Waals surface area contributed by atoms with Gasteiger partial charge in [0.1, 0.15) is 7.85 Å². The zero-order chi connectivity index (χ0) is 8.43. The van der Waals surface area contributed by atoms with Gasteiger partial charge in [-0.2, -0.15) is 0 Å². The van der Waals surface area contributed by atoms with Crippen LogP contribution in [0.4, 0.5) is 0 Å². The first-order chi connectivity index (χ1) is 5.15. The minimum Gasteiger partial charge on any atom is -0.0832 e. The second-order valence-corrected chi connectivity index (χ2v) is 3.75. The van der Waals surface area contributed by atoms with Crippen molar-refractivity contribution >= 4 is 35.9 Å². The van der Waals surface area contributed by atoms with Gasteiger partial charge in [-0.1, -0.05) is 51.3 Å². The molecule has 0 amide bonds. The van der Waals surface area contributed by atoms with Crippen molar-refractivity contribution in [1.82, 2.24) is 0 Å². The summed E-state index contributed by atoms with van der Waals surface area (Å²) in [7, 11) is 2.18. The van der Waals surface area contributed by atoms with Gasteiger partial charge in [-0.05, 0) is 19.4 Å². The van der Waals surface area contributed by atoms with Crippen molar-refractivity contribution in [2.75, 3.05) is 0 Å². The Bertz CT molecular complexity index is 245. The Morgan fingerprint density at radius 3 is 2.09 bits per heavy atom. The molecule has 1 aromatic rings. The first-order valence-corrected chi connectivity index (χ1v) is 5.30. The number of halogens is 1. The molecule has 0 spiro atoms. The van der Waals surface area contributed by atoms with E-state index in [-0.39, 0.29) is 0 Å². The van der Waals surface area contributed by atoms with Gasteiger partial charge in [0, 0.05) is 4.43 Å². The Hall–Kier alpha value is 0.0149. The molecule has 0 aliphatic carbocycles. The molecule has 0 saturated heterocycles. The largest absolute Gasteiger partial charge is 0.139 e. The van der Waals surface area contributed by atoms with E-state index < -0.39 is 0 Å². The van der Waals surface area contributed by atoms with Gasteiger partial charge < -0.3 is 0 Å². The smallest absolute Gasteiger partial charge is 0.0832 e. The summed E-state index contributed by atoms with van der Waals surface area (Å²) in [5.74, 6) is 0. The highest BCUT2D eigenvalue weighted by atomic mass is 127. The van der Waals surface area contributed by atoms with Crippen LogP contribution >= 0.6 is 22.6 Å². The fraction of sp³-hybridized carbons (Fsp3) is 0.333. The molecule has 0 radical (unpaired) electrons. The van der Waals surface area contributed by atoms with E-state index in [0.29, 0.717) is 0 Å². The third-order valence-corrected chi connectivity index (χ3v) is 3.02. The summed E-state index contributed by atoms with van der Waals surface area (Å²) in [6.07, 6.45) is 0. The predicted molar refractivity (Wildman–Crippen MR) is 61.8 cm³/mol. The van der Waals surface area contributed by atoms with Crippen molar-refractivity contribution in [1.29, 1.82) is 0 Å². The monoisotopic (exact) mass is 258 g/mol. The lowest BCUT2D eigenvalue weighted by atomic mass is 9.86. The summed E-state index contributed by atoms with van der Waals surface area (Å²) in [4.78, 5) is 0. The average molecular weight is 258 g/mol. The zero-order valence-corrected chi connectivity index (χ0v) is 9.40. The van der Waals surface area contributed by atoms with Gasteiger partial charge in [0.15, 0.2) is 0 Å². The van der Waals surface area contributed by atoms with Crippen molar-refractivity contribution in [3.05, 3.63) is 28.8 Å². The SMILES string of the molecule is Bc1c(C)cc(CI)cc1C. The van der Waals surface area contributed by atoms with E-state index >= 15 is 0 Å². The second-order valence-electron chi connectivity index (χ2n) is 2.99.